The van der Waals surface area contributed by atoms with Gasteiger partial charge < -0.3 is 9.88 Å². The van der Waals surface area contributed by atoms with E-state index < -0.39 is 0 Å². The number of aromatic amines is 1. The van der Waals surface area contributed by atoms with Gasteiger partial charge in [-0.2, -0.15) is 0 Å². The molecule has 5 heteroatoms. The van der Waals surface area contributed by atoms with Crippen LogP contribution in [-0.4, -0.2) is 29.1 Å². The molecule has 0 fully saturated rings. The standard InChI is InChI=1S/C15H16N2O2S/c1-17(10-11-5-7-12(20-2)8-6-11)15(19)13-4-3-9-16-14(13)18/h3-9H,10H2,1-2H3,(H,16,18). The number of H-pyrrole nitrogens is 1. The molecule has 1 N–H and O–H groups in total. The number of carbonyl (C=O) groups is 1. The Kier molecular flexibility index (Phi) is 4.63. The van der Waals surface area contributed by atoms with E-state index in [1.54, 1.807) is 29.8 Å². The van der Waals surface area contributed by atoms with E-state index in [1.807, 2.05) is 30.5 Å². The van der Waals surface area contributed by atoms with Gasteiger partial charge in [-0.25, -0.2) is 0 Å². The fourth-order valence-electron chi connectivity index (χ4n) is 1.87. The van der Waals surface area contributed by atoms with Gasteiger partial charge >= 0.3 is 0 Å². The summed E-state index contributed by atoms with van der Waals surface area (Å²) in [5, 5.41) is 0. The number of nitrogens with one attached hydrogen (secondary N) is 1. The number of hydrogen-bond acceptors (Lipinski definition) is 3. The second-order valence-corrected chi connectivity index (χ2v) is 5.30. The largest absolute Gasteiger partial charge is 0.337 e. The first-order valence-electron chi connectivity index (χ1n) is 6.18. The van der Waals surface area contributed by atoms with Gasteiger partial charge in [0.05, 0.1) is 0 Å². The monoisotopic (exact) mass is 288 g/mol. The molecule has 0 radical (unpaired) electrons. The van der Waals surface area contributed by atoms with Gasteiger partial charge in [0, 0.05) is 24.7 Å². The molecule has 0 bridgehead atoms. The summed E-state index contributed by atoms with van der Waals surface area (Å²) in [6.45, 7) is 0.474. The van der Waals surface area contributed by atoms with Crippen LogP contribution in [0.1, 0.15) is 15.9 Å². The Balaban J connectivity index is 2.11. The van der Waals surface area contributed by atoms with Crippen molar-refractivity contribution < 1.29 is 4.79 Å². The zero-order valence-corrected chi connectivity index (χ0v) is 12.2. The van der Waals surface area contributed by atoms with Gasteiger partial charge in [0.15, 0.2) is 0 Å². The lowest BCUT2D eigenvalue weighted by molar-refractivity contribution is 0.0783. The fourth-order valence-corrected chi connectivity index (χ4v) is 2.28. The lowest BCUT2D eigenvalue weighted by atomic mass is 10.2. The van der Waals surface area contributed by atoms with Crippen LogP contribution in [0, 0.1) is 0 Å². The molecule has 20 heavy (non-hydrogen) atoms. The van der Waals surface area contributed by atoms with Crippen LogP contribution in [0.4, 0.5) is 0 Å². The van der Waals surface area contributed by atoms with E-state index in [2.05, 4.69) is 4.98 Å². The lowest BCUT2D eigenvalue weighted by Gasteiger charge is -2.17. The number of thioether (sulfide) groups is 1. The molecule has 0 saturated carbocycles. The number of pyridine rings is 1. The maximum absolute atomic E-state index is 12.2. The van der Waals surface area contributed by atoms with E-state index in [0.717, 1.165) is 5.56 Å². The smallest absolute Gasteiger partial charge is 0.260 e. The first-order chi connectivity index (χ1) is 9.61. The van der Waals surface area contributed by atoms with Crippen LogP contribution in [0.3, 0.4) is 0 Å². The predicted octanol–water partition coefficient (Wildman–Crippen LogP) is 2.37. The third-order valence-corrected chi connectivity index (χ3v) is 3.72. The fraction of sp³-hybridized carbons (Fsp3) is 0.200. The highest BCUT2D eigenvalue weighted by atomic mass is 32.2. The number of nitrogens with zero attached hydrogens (tertiary/aromatic N) is 1. The van der Waals surface area contributed by atoms with Crippen molar-refractivity contribution in [3.8, 4) is 0 Å². The number of aromatic nitrogens is 1. The molecule has 0 saturated heterocycles. The molecule has 2 rings (SSSR count). The highest BCUT2D eigenvalue weighted by Crippen LogP contribution is 2.15. The number of amides is 1. The van der Waals surface area contributed by atoms with Crippen LogP contribution in [-0.2, 0) is 6.54 Å². The van der Waals surface area contributed by atoms with Gasteiger partial charge in [0.1, 0.15) is 5.56 Å². The number of carbonyl (C=O) groups excluding carboxylic acids is 1. The van der Waals surface area contributed by atoms with Gasteiger partial charge in [0.2, 0.25) is 0 Å². The van der Waals surface area contributed by atoms with Crippen molar-refractivity contribution in [2.45, 2.75) is 11.4 Å². The van der Waals surface area contributed by atoms with Crippen LogP contribution in [0.2, 0.25) is 0 Å². The van der Waals surface area contributed by atoms with Crippen LogP contribution in [0.5, 0.6) is 0 Å². The maximum Gasteiger partial charge on any atom is 0.260 e. The zero-order valence-electron chi connectivity index (χ0n) is 11.4. The summed E-state index contributed by atoms with van der Waals surface area (Å²) in [6, 6.07) is 11.2. The number of benzene rings is 1. The van der Waals surface area contributed by atoms with Crippen molar-refractivity contribution in [1.82, 2.24) is 9.88 Å². The van der Waals surface area contributed by atoms with Crippen LogP contribution >= 0.6 is 11.8 Å². The Morgan fingerprint density at radius 3 is 2.55 bits per heavy atom. The van der Waals surface area contributed by atoms with Gasteiger partial charge in [-0.05, 0) is 36.1 Å². The molecular formula is C15H16N2O2S. The molecule has 4 nitrogen and oxygen atoms in total. The van der Waals surface area contributed by atoms with Crippen LogP contribution in [0.15, 0.2) is 52.3 Å². The number of hydrogen-bond donors (Lipinski definition) is 1. The first kappa shape index (κ1) is 14.4. The Hall–Kier alpha value is -2.01. The Labute approximate surface area is 121 Å². The van der Waals surface area contributed by atoms with Crippen molar-refractivity contribution in [1.29, 1.82) is 0 Å². The van der Waals surface area contributed by atoms with E-state index in [4.69, 9.17) is 0 Å². The van der Waals surface area contributed by atoms with Crippen molar-refractivity contribution in [3.05, 3.63) is 64.1 Å². The summed E-state index contributed by atoms with van der Waals surface area (Å²) in [6.07, 6.45) is 3.53. The molecule has 0 spiro atoms. The zero-order chi connectivity index (χ0) is 14.5. The number of rotatable bonds is 4. The summed E-state index contributed by atoms with van der Waals surface area (Å²) in [5.41, 5.74) is 0.837. The van der Waals surface area contributed by atoms with Crippen molar-refractivity contribution in [2.75, 3.05) is 13.3 Å². The van der Waals surface area contributed by atoms with E-state index in [0.29, 0.717) is 6.54 Å². The SMILES string of the molecule is CSc1ccc(CN(C)C(=O)c2ccc[nH]c2=O)cc1. The van der Waals surface area contributed by atoms with E-state index in [1.165, 1.54) is 17.2 Å². The Morgan fingerprint density at radius 1 is 1.25 bits per heavy atom. The summed E-state index contributed by atoms with van der Waals surface area (Å²) < 4.78 is 0. The second-order valence-electron chi connectivity index (χ2n) is 4.42. The molecule has 0 atom stereocenters. The van der Waals surface area contributed by atoms with Crippen LogP contribution in [0.25, 0.3) is 0 Å². The van der Waals surface area contributed by atoms with Gasteiger partial charge in [-0.15, -0.1) is 11.8 Å². The van der Waals surface area contributed by atoms with Gasteiger partial charge in [-0.3, -0.25) is 9.59 Å². The van der Waals surface area contributed by atoms with E-state index in [-0.39, 0.29) is 17.0 Å². The minimum atomic E-state index is -0.359. The molecule has 1 amide bonds. The van der Waals surface area contributed by atoms with Crippen molar-refractivity contribution in [3.63, 3.8) is 0 Å². The minimum Gasteiger partial charge on any atom is -0.337 e. The molecule has 1 aromatic heterocycles. The van der Waals surface area contributed by atoms with Crippen molar-refractivity contribution in [2.24, 2.45) is 0 Å². The molecule has 0 aliphatic heterocycles. The maximum atomic E-state index is 12.2. The second kappa shape index (κ2) is 6.43. The molecule has 0 unspecified atom stereocenters. The molecular weight excluding hydrogens is 272 g/mol. The van der Waals surface area contributed by atoms with E-state index in [9.17, 15) is 9.59 Å². The summed E-state index contributed by atoms with van der Waals surface area (Å²) in [7, 11) is 1.69. The summed E-state index contributed by atoms with van der Waals surface area (Å²) >= 11 is 1.68. The molecule has 1 aromatic carbocycles. The van der Waals surface area contributed by atoms with Crippen molar-refractivity contribution >= 4 is 17.7 Å². The molecule has 1 heterocycles. The average molecular weight is 288 g/mol. The molecule has 2 aromatic rings. The minimum absolute atomic E-state index is 0.163. The summed E-state index contributed by atoms with van der Waals surface area (Å²) in [5.74, 6) is -0.277. The highest BCUT2D eigenvalue weighted by molar-refractivity contribution is 7.98. The van der Waals surface area contributed by atoms with E-state index >= 15 is 0 Å². The van der Waals surface area contributed by atoms with Gasteiger partial charge in [-0.1, -0.05) is 12.1 Å². The quantitative estimate of drug-likeness (QED) is 0.879. The Morgan fingerprint density at radius 2 is 1.95 bits per heavy atom. The third kappa shape index (κ3) is 3.30. The predicted molar refractivity (Wildman–Crippen MR) is 81.1 cm³/mol. The molecule has 104 valence electrons. The van der Waals surface area contributed by atoms with Gasteiger partial charge in [0.25, 0.3) is 11.5 Å². The first-order valence-corrected chi connectivity index (χ1v) is 7.40. The van der Waals surface area contributed by atoms with Crippen LogP contribution < -0.4 is 5.56 Å². The molecule has 0 aliphatic carbocycles. The average Bonchev–Trinajstić information content (AvgIpc) is 2.48. The summed E-state index contributed by atoms with van der Waals surface area (Å²) in [4.78, 5) is 29.0. The lowest BCUT2D eigenvalue weighted by Crippen LogP contribution is -2.31. The highest BCUT2D eigenvalue weighted by Gasteiger charge is 2.14. The third-order valence-electron chi connectivity index (χ3n) is 2.97. The topological polar surface area (TPSA) is 53.2 Å². The normalized spacial score (nSPS) is 10.3. The Bertz CT molecular complexity index is 649. The molecule has 0 aliphatic rings.